The first kappa shape index (κ1) is 12.9. The maximum Gasteiger partial charge on any atom is 0.0991 e. The number of nitriles is 1. The molecule has 3 heteroatoms. The molecule has 1 aliphatic heterocycles. The van der Waals surface area contributed by atoms with E-state index >= 15 is 0 Å². The summed E-state index contributed by atoms with van der Waals surface area (Å²) in [5, 5.41) is 18.2. The van der Waals surface area contributed by atoms with Gasteiger partial charge < -0.3 is 10.0 Å². The number of piperidine rings is 1. The Kier molecular flexibility index (Phi) is 3.58. The highest BCUT2D eigenvalue weighted by Crippen LogP contribution is 2.34. The molecule has 18 heavy (non-hydrogen) atoms. The van der Waals surface area contributed by atoms with Crippen LogP contribution in [0.2, 0.25) is 0 Å². The number of anilines is 1. The third-order valence-electron chi connectivity index (χ3n) is 3.90. The van der Waals surface area contributed by atoms with Crippen molar-refractivity contribution in [2.24, 2.45) is 5.92 Å². The van der Waals surface area contributed by atoms with Crippen LogP contribution >= 0.6 is 0 Å². The van der Waals surface area contributed by atoms with Crippen LogP contribution in [0.25, 0.3) is 0 Å². The van der Waals surface area contributed by atoms with Gasteiger partial charge in [-0.15, -0.1) is 0 Å². The number of nitrogens with zero attached hydrogens (tertiary/aromatic N) is 2. The molecular weight excluding hydrogens is 224 g/mol. The minimum Gasteiger partial charge on any atom is -0.396 e. The maximum absolute atomic E-state index is 9.34. The van der Waals surface area contributed by atoms with Gasteiger partial charge in [-0.05, 0) is 56.9 Å². The lowest BCUT2D eigenvalue weighted by atomic mass is 9.84. The molecule has 0 amide bonds. The molecule has 0 aliphatic carbocycles. The van der Waals surface area contributed by atoms with E-state index in [4.69, 9.17) is 5.26 Å². The summed E-state index contributed by atoms with van der Waals surface area (Å²) in [6.07, 6.45) is 2.16. The lowest BCUT2D eigenvalue weighted by Gasteiger charge is -2.47. The van der Waals surface area contributed by atoms with Crippen molar-refractivity contribution in [1.29, 1.82) is 5.26 Å². The fourth-order valence-corrected chi connectivity index (χ4v) is 2.61. The van der Waals surface area contributed by atoms with E-state index < -0.39 is 0 Å². The molecule has 3 nitrogen and oxygen atoms in total. The van der Waals surface area contributed by atoms with Crippen LogP contribution in [0.5, 0.6) is 0 Å². The zero-order chi connectivity index (χ0) is 13.2. The highest BCUT2D eigenvalue weighted by atomic mass is 16.3. The van der Waals surface area contributed by atoms with Crippen molar-refractivity contribution in [2.75, 3.05) is 18.1 Å². The summed E-state index contributed by atoms with van der Waals surface area (Å²) in [4.78, 5) is 2.35. The average molecular weight is 244 g/mol. The highest BCUT2D eigenvalue weighted by Gasteiger charge is 2.33. The number of aliphatic hydroxyl groups excluding tert-OH is 1. The average Bonchev–Trinajstić information content (AvgIpc) is 2.39. The minimum absolute atomic E-state index is 0.111. The summed E-state index contributed by atoms with van der Waals surface area (Å²) in [5.74, 6) is 0.355. The van der Waals surface area contributed by atoms with Crippen molar-refractivity contribution in [2.45, 2.75) is 32.2 Å². The number of aliphatic hydroxyl groups is 1. The molecule has 1 unspecified atom stereocenters. The van der Waals surface area contributed by atoms with E-state index in [-0.39, 0.29) is 12.1 Å². The SMILES string of the molecule is CC1(C)CCC(CO)CN1c1ccc(C#N)cc1. The molecule has 1 heterocycles. The monoisotopic (exact) mass is 244 g/mol. The molecule has 0 radical (unpaired) electrons. The normalized spacial score (nSPS) is 22.6. The van der Waals surface area contributed by atoms with Crippen LogP contribution in [0, 0.1) is 17.2 Å². The molecule has 1 atom stereocenters. The Morgan fingerprint density at radius 3 is 2.61 bits per heavy atom. The zero-order valence-corrected chi connectivity index (χ0v) is 11.1. The molecule has 0 bridgehead atoms. The molecule has 0 spiro atoms. The molecule has 0 aromatic heterocycles. The smallest absolute Gasteiger partial charge is 0.0991 e. The number of hydrogen-bond acceptors (Lipinski definition) is 3. The molecule has 1 saturated heterocycles. The Bertz CT molecular complexity index is 445. The predicted octanol–water partition coefficient (Wildman–Crippen LogP) is 2.55. The maximum atomic E-state index is 9.34. The molecular formula is C15H20N2O. The van der Waals surface area contributed by atoms with Crippen LogP contribution in [0.15, 0.2) is 24.3 Å². The van der Waals surface area contributed by atoms with Crippen molar-refractivity contribution >= 4 is 5.69 Å². The van der Waals surface area contributed by atoms with Crippen LogP contribution in [-0.4, -0.2) is 23.8 Å². The fraction of sp³-hybridized carbons (Fsp3) is 0.533. The van der Waals surface area contributed by atoms with E-state index in [2.05, 4.69) is 24.8 Å². The summed E-state index contributed by atoms with van der Waals surface area (Å²) in [7, 11) is 0. The van der Waals surface area contributed by atoms with E-state index in [1.54, 1.807) is 0 Å². The molecule has 96 valence electrons. The number of hydrogen-bond donors (Lipinski definition) is 1. The summed E-state index contributed by atoms with van der Waals surface area (Å²) < 4.78 is 0. The van der Waals surface area contributed by atoms with Gasteiger partial charge in [0.1, 0.15) is 0 Å². The number of rotatable bonds is 2. The minimum atomic E-state index is 0.111. The zero-order valence-electron chi connectivity index (χ0n) is 11.1. The topological polar surface area (TPSA) is 47.3 Å². The Morgan fingerprint density at radius 1 is 1.39 bits per heavy atom. The first-order valence-corrected chi connectivity index (χ1v) is 6.45. The summed E-state index contributed by atoms with van der Waals surface area (Å²) in [5.41, 5.74) is 1.93. The van der Waals surface area contributed by atoms with Gasteiger partial charge in [0, 0.05) is 24.4 Å². The second kappa shape index (κ2) is 4.99. The second-order valence-electron chi connectivity index (χ2n) is 5.67. The quantitative estimate of drug-likeness (QED) is 0.869. The van der Waals surface area contributed by atoms with Crippen LogP contribution in [-0.2, 0) is 0 Å². The van der Waals surface area contributed by atoms with Crippen molar-refractivity contribution in [3.05, 3.63) is 29.8 Å². The largest absolute Gasteiger partial charge is 0.396 e. The van der Waals surface area contributed by atoms with Gasteiger partial charge in [-0.1, -0.05) is 0 Å². The van der Waals surface area contributed by atoms with Gasteiger partial charge in [0.15, 0.2) is 0 Å². The molecule has 1 N–H and O–H groups in total. The first-order chi connectivity index (χ1) is 8.56. The third-order valence-corrected chi connectivity index (χ3v) is 3.90. The van der Waals surface area contributed by atoms with Gasteiger partial charge in [-0.3, -0.25) is 0 Å². The fourth-order valence-electron chi connectivity index (χ4n) is 2.61. The number of benzene rings is 1. The lowest BCUT2D eigenvalue weighted by Crippen LogP contribution is -2.51. The van der Waals surface area contributed by atoms with E-state index in [1.165, 1.54) is 0 Å². The van der Waals surface area contributed by atoms with E-state index in [0.29, 0.717) is 11.5 Å². The van der Waals surface area contributed by atoms with E-state index in [9.17, 15) is 5.11 Å². The third kappa shape index (κ3) is 2.49. The summed E-state index contributed by atoms with van der Waals surface area (Å²) in [6.45, 7) is 5.61. The van der Waals surface area contributed by atoms with Crippen molar-refractivity contribution < 1.29 is 5.11 Å². The Hall–Kier alpha value is -1.53. The molecule has 1 fully saturated rings. The van der Waals surface area contributed by atoms with Crippen molar-refractivity contribution in [1.82, 2.24) is 0 Å². The van der Waals surface area contributed by atoms with E-state index in [0.717, 1.165) is 25.1 Å². The molecule has 2 rings (SSSR count). The van der Waals surface area contributed by atoms with Crippen LogP contribution in [0.3, 0.4) is 0 Å². The van der Waals surface area contributed by atoms with Crippen LogP contribution < -0.4 is 4.90 Å². The van der Waals surface area contributed by atoms with Crippen LogP contribution in [0.1, 0.15) is 32.3 Å². The Labute approximate surface area is 109 Å². The highest BCUT2D eigenvalue weighted by molar-refractivity contribution is 5.52. The molecule has 1 aromatic rings. The van der Waals surface area contributed by atoms with Crippen molar-refractivity contribution in [3.63, 3.8) is 0 Å². The lowest BCUT2D eigenvalue weighted by molar-refractivity contribution is 0.181. The van der Waals surface area contributed by atoms with Gasteiger partial charge in [0.05, 0.1) is 11.6 Å². The summed E-state index contributed by atoms with van der Waals surface area (Å²) >= 11 is 0. The van der Waals surface area contributed by atoms with Crippen molar-refractivity contribution in [3.8, 4) is 6.07 Å². The van der Waals surface area contributed by atoms with Gasteiger partial charge in [0.25, 0.3) is 0 Å². The van der Waals surface area contributed by atoms with Gasteiger partial charge in [-0.25, -0.2) is 0 Å². The second-order valence-corrected chi connectivity index (χ2v) is 5.67. The van der Waals surface area contributed by atoms with Gasteiger partial charge in [0.2, 0.25) is 0 Å². The molecule has 0 saturated carbocycles. The predicted molar refractivity (Wildman–Crippen MR) is 72.4 cm³/mol. The summed E-state index contributed by atoms with van der Waals surface area (Å²) in [6, 6.07) is 9.85. The molecule has 1 aromatic carbocycles. The van der Waals surface area contributed by atoms with Crippen LogP contribution in [0.4, 0.5) is 5.69 Å². The Balaban J connectivity index is 2.25. The molecule has 1 aliphatic rings. The van der Waals surface area contributed by atoms with Gasteiger partial charge >= 0.3 is 0 Å². The van der Waals surface area contributed by atoms with Gasteiger partial charge in [-0.2, -0.15) is 5.26 Å². The Morgan fingerprint density at radius 2 is 2.06 bits per heavy atom. The first-order valence-electron chi connectivity index (χ1n) is 6.45. The van der Waals surface area contributed by atoms with E-state index in [1.807, 2.05) is 24.3 Å². The standard InChI is InChI=1S/C15H20N2O/c1-15(2)8-7-13(11-18)10-17(15)14-5-3-12(9-16)4-6-14/h3-6,13,18H,7-8,10-11H2,1-2H3.